The number of amides is 2. The second-order valence-electron chi connectivity index (χ2n) is 6.72. The Labute approximate surface area is 162 Å². The first kappa shape index (κ1) is 19.6. The van der Waals surface area contributed by atoms with E-state index in [1.54, 1.807) is 19.2 Å². The standard InChI is InChI=1S/C16H18N2O7S2/c1-15(2)16(14(23)24,18-11(20)9(25-3)12(18)27-15)17-10(19)8(13(21)22)7-4-5-26-6-7/h4-6,8-9,12H,1-3H3,(H,17,19)(H,21,22)(H,23,24)/t8?,9-,12+,16-/m0/s1. The molecule has 27 heavy (non-hydrogen) atoms. The summed E-state index contributed by atoms with van der Waals surface area (Å²) in [7, 11) is 1.35. The van der Waals surface area contributed by atoms with Crippen molar-refractivity contribution < 1.29 is 34.1 Å². The van der Waals surface area contributed by atoms with Gasteiger partial charge in [-0.25, -0.2) is 4.79 Å². The Morgan fingerprint density at radius 2 is 2.00 bits per heavy atom. The van der Waals surface area contributed by atoms with Gasteiger partial charge in [0.15, 0.2) is 12.0 Å². The quantitative estimate of drug-likeness (QED) is 0.453. The summed E-state index contributed by atoms with van der Waals surface area (Å²) in [6, 6.07) is 1.49. The van der Waals surface area contributed by atoms with Crippen LogP contribution in [0.4, 0.5) is 0 Å². The molecule has 0 bridgehead atoms. The van der Waals surface area contributed by atoms with Crippen molar-refractivity contribution in [2.75, 3.05) is 7.11 Å². The Hall–Kier alpha value is -2.11. The summed E-state index contributed by atoms with van der Waals surface area (Å²) in [5.41, 5.74) is -1.84. The van der Waals surface area contributed by atoms with Crippen LogP contribution >= 0.6 is 23.1 Å². The van der Waals surface area contributed by atoms with Gasteiger partial charge in [-0.3, -0.25) is 19.3 Å². The molecule has 3 heterocycles. The van der Waals surface area contributed by atoms with Crippen molar-refractivity contribution in [1.29, 1.82) is 0 Å². The highest BCUT2D eigenvalue weighted by atomic mass is 32.2. The number of fused-ring (bicyclic) bond motifs is 1. The van der Waals surface area contributed by atoms with Gasteiger partial charge in [-0.15, -0.1) is 11.8 Å². The number of carboxylic acid groups (broad SMARTS) is 2. The maximum absolute atomic E-state index is 12.8. The minimum Gasteiger partial charge on any atom is -0.480 e. The van der Waals surface area contributed by atoms with Crippen LogP contribution in [0.25, 0.3) is 0 Å². The van der Waals surface area contributed by atoms with E-state index >= 15 is 0 Å². The van der Waals surface area contributed by atoms with Crippen molar-refractivity contribution in [1.82, 2.24) is 10.2 Å². The third-order valence-corrected chi connectivity index (χ3v) is 7.18. The molecule has 0 spiro atoms. The van der Waals surface area contributed by atoms with E-state index in [-0.39, 0.29) is 5.56 Å². The summed E-state index contributed by atoms with van der Waals surface area (Å²) < 4.78 is 3.99. The van der Waals surface area contributed by atoms with E-state index in [4.69, 9.17) is 4.74 Å². The molecule has 2 saturated heterocycles. The molecular formula is C16H18N2O7S2. The number of aliphatic carboxylic acids is 2. The lowest BCUT2D eigenvalue weighted by Crippen LogP contribution is -2.78. The summed E-state index contributed by atoms with van der Waals surface area (Å²) in [5, 5.41) is 24.4. The van der Waals surface area contributed by atoms with E-state index in [2.05, 4.69) is 5.32 Å². The molecule has 4 atom stereocenters. The fraction of sp³-hybridized carbons (Fsp3) is 0.500. The summed E-state index contributed by atoms with van der Waals surface area (Å²) >= 11 is 2.41. The van der Waals surface area contributed by atoms with E-state index in [1.807, 2.05) is 0 Å². The highest BCUT2D eigenvalue weighted by Crippen LogP contribution is 2.56. The Balaban J connectivity index is 2.00. The Morgan fingerprint density at radius 1 is 1.33 bits per heavy atom. The number of ether oxygens (including phenoxy) is 1. The number of carbonyl (C=O) groups excluding carboxylic acids is 2. The molecule has 2 amide bonds. The van der Waals surface area contributed by atoms with Crippen LogP contribution in [0.3, 0.4) is 0 Å². The topological polar surface area (TPSA) is 133 Å². The predicted molar refractivity (Wildman–Crippen MR) is 96.3 cm³/mol. The van der Waals surface area contributed by atoms with Crippen molar-refractivity contribution in [2.24, 2.45) is 0 Å². The maximum atomic E-state index is 12.8. The second kappa shape index (κ2) is 6.50. The normalized spacial score (nSPS) is 29.6. The minimum absolute atomic E-state index is 0.246. The average molecular weight is 414 g/mol. The highest BCUT2D eigenvalue weighted by molar-refractivity contribution is 8.01. The van der Waals surface area contributed by atoms with Gasteiger partial charge in [-0.2, -0.15) is 11.3 Å². The molecule has 9 nitrogen and oxygen atoms in total. The van der Waals surface area contributed by atoms with E-state index < -0.39 is 51.6 Å². The van der Waals surface area contributed by atoms with Crippen molar-refractivity contribution >= 4 is 46.9 Å². The number of hydrogen-bond acceptors (Lipinski definition) is 7. The summed E-state index contributed by atoms with van der Waals surface area (Å²) in [6.07, 6.45) is -0.806. The van der Waals surface area contributed by atoms with Gasteiger partial charge in [0.1, 0.15) is 5.37 Å². The number of thiophene rings is 1. The Bertz CT molecular complexity index is 810. The Kier molecular flexibility index (Phi) is 4.73. The molecule has 1 aromatic heterocycles. The molecule has 3 N–H and O–H groups in total. The number of nitrogens with one attached hydrogen (secondary N) is 1. The van der Waals surface area contributed by atoms with Crippen LogP contribution < -0.4 is 5.32 Å². The zero-order valence-corrected chi connectivity index (χ0v) is 16.3. The number of methoxy groups -OCH3 is 1. The molecule has 2 aliphatic rings. The number of carboxylic acids is 2. The van der Waals surface area contributed by atoms with Crippen LogP contribution in [0.5, 0.6) is 0 Å². The third-order valence-electron chi connectivity index (χ3n) is 4.90. The van der Waals surface area contributed by atoms with Crippen LogP contribution in [-0.2, 0) is 23.9 Å². The number of β-lactam (4-membered cyclic amide) rings is 1. The monoisotopic (exact) mass is 414 g/mol. The molecule has 0 saturated carbocycles. The minimum atomic E-state index is -2.09. The molecule has 2 fully saturated rings. The Morgan fingerprint density at radius 3 is 2.48 bits per heavy atom. The summed E-state index contributed by atoms with van der Waals surface area (Å²) in [4.78, 5) is 50.3. The fourth-order valence-electron chi connectivity index (χ4n) is 3.52. The predicted octanol–water partition coefficient (Wildman–Crippen LogP) is 0.522. The van der Waals surface area contributed by atoms with E-state index in [1.165, 1.54) is 41.7 Å². The van der Waals surface area contributed by atoms with E-state index in [0.29, 0.717) is 0 Å². The molecule has 146 valence electrons. The van der Waals surface area contributed by atoms with Crippen LogP contribution in [0, 0.1) is 0 Å². The number of rotatable bonds is 6. The van der Waals surface area contributed by atoms with E-state index in [0.717, 1.165) is 4.90 Å². The number of hydrogen-bond donors (Lipinski definition) is 3. The number of carbonyl (C=O) groups is 4. The van der Waals surface area contributed by atoms with Crippen molar-refractivity contribution in [3.63, 3.8) is 0 Å². The smallest absolute Gasteiger partial charge is 0.352 e. The zero-order valence-electron chi connectivity index (χ0n) is 14.7. The van der Waals surface area contributed by atoms with Crippen LogP contribution in [0.15, 0.2) is 16.8 Å². The SMILES string of the molecule is CO[C@H]1C(=O)N2[C@@H]1SC(C)(C)[C@]2(NC(=O)C(C(=O)O)c1ccsc1)C(=O)O. The van der Waals surface area contributed by atoms with Crippen LogP contribution in [0.2, 0.25) is 0 Å². The zero-order chi connectivity index (χ0) is 20.1. The summed E-state index contributed by atoms with van der Waals surface area (Å²) in [5.74, 6) is -5.98. The van der Waals surface area contributed by atoms with Crippen molar-refractivity contribution in [3.05, 3.63) is 22.4 Å². The molecule has 1 unspecified atom stereocenters. The molecule has 3 rings (SSSR count). The third kappa shape index (κ3) is 2.64. The van der Waals surface area contributed by atoms with Gasteiger partial charge in [-0.1, -0.05) is 0 Å². The first-order valence-corrected chi connectivity index (χ1v) is 9.75. The first-order valence-electron chi connectivity index (χ1n) is 7.92. The van der Waals surface area contributed by atoms with Crippen LogP contribution in [-0.4, -0.2) is 67.9 Å². The van der Waals surface area contributed by atoms with Crippen molar-refractivity contribution in [3.8, 4) is 0 Å². The molecule has 0 aromatic carbocycles. The van der Waals surface area contributed by atoms with E-state index in [9.17, 15) is 29.4 Å². The lowest BCUT2D eigenvalue weighted by atomic mass is 9.88. The first-order chi connectivity index (χ1) is 12.6. The number of thioether (sulfide) groups is 1. The molecule has 11 heteroatoms. The molecule has 2 aliphatic heterocycles. The summed E-state index contributed by atoms with van der Waals surface area (Å²) in [6.45, 7) is 3.18. The maximum Gasteiger partial charge on any atom is 0.352 e. The fourth-order valence-corrected chi connectivity index (χ4v) is 5.94. The van der Waals surface area contributed by atoms with Gasteiger partial charge in [0.2, 0.25) is 11.6 Å². The molecular weight excluding hydrogens is 396 g/mol. The van der Waals surface area contributed by atoms with Gasteiger partial charge >= 0.3 is 11.9 Å². The van der Waals surface area contributed by atoms with Gasteiger partial charge in [0, 0.05) is 7.11 Å². The average Bonchev–Trinajstić information content (AvgIpc) is 3.12. The lowest BCUT2D eigenvalue weighted by molar-refractivity contribution is -0.187. The molecule has 0 radical (unpaired) electrons. The second-order valence-corrected chi connectivity index (χ2v) is 9.24. The lowest BCUT2D eigenvalue weighted by Gasteiger charge is -2.49. The molecule has 0 aliphatic carbocycles. The van der Waals surface area contributed by atoms with Gasteiger partial charge < -0.3 is 20.3 Å². The molecule has 1 aromatic rings. The van der Waals surface area contributed by atoms with Crippen molar-refractivity contribution in [2.45, 2.75) is 41.7 Å². The number of nitrogens with zero attached hydrogens (tertiary/aromatic N) is 1. The van der Waals surface area contributed by atoms with Gasteiger partial charge in [0.25, 0.3) is 5.91 Å². The van der Waals surface area contributed by atoms with Crippen LogP contribution in [0.1, 0.15) is 25.3 Å². The highest BCUT2D eigenvalue weighted by Gasteiger charge is 2.74. The largest absolute Gasteiger partial charge is 0.480 e. The van der Waals surface area contributed by atoms with Gasteiger partial charge in [0.05, 0.1) is 4.75 Å². The van der Waals surface area contributed by atoms with Gasteiger partial charge in [-0.05, 0) is 36.2 Å².